The molecule has 0 fully saturated rings. The van der Waals surface area contributed by atoms with Crippen LogP contribution in [0.3, 0.4) is 0 Å². The Bertz CT molecular complexity index is 386. The van der Waals surface area contributed by atoms with Crippen molar-refractivity contribution in [2.75, 3.05) is 0 Å². The Kier molecular flexibility index (Phi) is 3.24. The van der Waals surface area contributed by atoms with Crippen LogP contribution in [0.4, 0.5) is 0 Å². The minimum atomic E-state index is -0.266. The lowest BCUT2D eigenvalue weighted by Crippen LogP contribution is -2.26. The Morgan fingerprint density at radius 3 is 1.56 bits per heavy atom. The van der Waals surface area contributed by atoms with Crippen molar-refractivity contribution in [2.24, 2.45) is 11.5 Å². The van der Waals surface area contributed by atoms with E-state index < -0.39 is 0 Å². The molecule has 4 N–H and O–H groups in total. The highest BCUT2D eigenvalue weighted by atomic mass is 14.8. The van der Waals surface area contributed by atoms with Crippen LogP contribution in [0.1, 0.15) is 23.2 Å². The highest BCUT2D eigenvalue weighted by molar-refractivity contribution is 5.22. The summed E-state index contributed by atoms with van der Waals surface area (Å²) in [7, 11) is 0. The summed E-state index contributed by atoms with van der Waals surface area (Å²) in [5.74, 6) is 0. The zero-order valence-electron chi connectivity index (χ0n) is 8.82. The Morgan fingerprint density at radius 2 is 1.25 bits per heavy atom. The molecule has 2 aromatic heterocycles. The largest absolute Gasteiger partial charge is 0.322 e. The van der Waals surface area contributed by atoms with Gasteiger partial charge in [0.1, 0.15) is 0 Å². The van der Waals surface area contributed by atoms with Crippen molar-refractivity contribution in [1.82, 2.24) is 9.97 Å². The van der Waals surface area contributed by atoms with Crippen LogP contribution in [0.5, 0.6) is 0 Å². The summed E-state index contributed by atoms with van der Waals surface area (Å²) in [6.07, 6.45) is 6.90. The zero-order valence-corrected chi connectivity index (χ0v) is 8.82. The third-order valence-electron chi connectivity index (χ3n) is 2.53. The van der Waals surface area contributed by atoms with Crippen molar-refractivity contribution in [3.63, 3.8) is 0 Å². The van der Waals surface area contributed by atoms with Gasteiger partial charge in [0.15, 0.2) is 0 Å². The molecule has 16 heavy (non-hydrogen) atoms. The van der Waals surface area contributed by atoms with E-state index in [-0.39, 0.29) is 12.1 Å². The number of hydrogen-bond acceptors (Lipinski definition) is 4. The quantitative estimate of drug-likeness (QED) is 0.804. The molecule has 2 atom stereocenters. The Hall–Kier alpha value is -1.78. The Labute approximate surface area is 94.3 Å². The zero-order chi connectivity index (χ0) is 11.4. The number of hydrogen-bond donors (Lipinski definition) is 2. The lowest BCUT2D eigenvalue weighted by Gasteiger charge is -2.19. The first-order valence-corrected chi connectivity index (χ1v) is 5.10. The molecule has 0 aliphatic carbocycles. The molecule has 0 saturated heterocycles. The standard InChI is InChI=1S/C12H14N4/c13-11(9-3-1-5-15-7-9)12(14)10-4-2-6-16-8-10/h1-8,11-12H,13-14H2/t11-,12+. The van der Waals surface area contributed by atoms with Gasteiger partial charge in [-0.2, -0.15) is 0 Å². The van der Waals surface area contributed by atoms with Gasteiger partial charge in [-0.05, 0) is 23.3 Å². The molecule has 2 rings (SSSR count). The second-order valence-electron chi connectivity index (χ2n) is 3.62. The summed E-state index contributed by atoms with van der Waals surface area (Å²) in [6.45, 7) is 0. The molecule has 0 radical (unpaired) electrons. The molecular formula is C12H14N4. The number of rotatable bonds is 3. The molecule has 82 valence electrons. The monoisotopic (exact) mass is 214 g/mol. The van der Waals surface area contributed by atoms with Crippen LogP contribution in [0.25, 0.3) is 0 Å². The maximum atomic E-state index is 6.08. The van der Waals surface area contributed by atoms with Gasteiger partial charge in [0.2, 0.25) is 0 Å². The summed E-state index contributed by atoms with van der Waals surface area (Å²) in [5, 5.41) is 0. The highest BCUT2D eigenvalue weighted by Crippen LogP contribution is 2.22. The van der Waals surface area contributed by atoms with Gasteiger partial charge < -0.3 is 11.5 Å². The predicted molar refractivity (Wildman–Crippen MR) is 62.3 cm³/mol. The molecule has 0 aliphatic rings. The van der Waals surface area contributed by atoms with Crippen molar-refractivity contribution in [1.29, 1.82) is 0 Å². The highest BCUT2D eigenvalue weighted by Gasteiger charge is 2.17. The fourth-order valence-corrected chi connectivity index (χ4v) is 1.56. The van der Waals surface area contributed by atoms with Crippen LogP contribution in [-0.2, 0) is 0 Å². The maximum Gasteiger partial charge on any atom is 0.0507 e. The van der Waals surface area contributed by atoms with Crippen LogP contribution in [0.15, 0.2) is 49.1 Å². The van der Waals surface area contributed by atoms with Crippen LogP contribution < -0.4 is 11.5 Å². The van der Waals surface area contributed by atoms with Gasteiger partial charge in [-0.1, -0.05) is 12.1 Å². The SMILES string of the molecule is N[C@H](c1cccnc1)[C@@H](N)c1cccnc1. The Balaban J connectivity index is 2.20. The predicted octanol–water partition coefficient (Wildman–Crippen LogP) is 1.18. The van der Waals surface area contributed by atoms with E-state index in [0.29, 0.717) is 0 Å². The second kappa shape index (κ2) is 4.83. The van der Waals surface area contributed by atoms with Gasteiger partial charge in [0.05, 0.1) is 12.1 Å². The van der Waals surface area contributed by atoms with Crippen molar-refractivity contribution in [2.45, 2.75) is 12.1 Å². The molecular weight excluding hydrogens is 200 g/mol. The van der Waals surface area contributed by atoms with Crippen LogP contribution >= 0.6 is 0 Å². The van der Waals surface area contributed by atoms with Crippen LogP contribution in [0.2, 0.25) is 0 Å². The molecule has 2 heterocycles. The van der Waals surface area contributed by atoms with E-state index in [1.165, 1.54) is 0 Å². The lowest BCUT2D eigenvalue weighted by atomic mass is 9.97. The van der Waals surface area contributed by atoms with Gasteiger partial charge in [-0.15, -0.1) is 0 Å². The van der Waals surface area contributed by atoms with E-state index in [1.54, 1.807) is 24.8 Å². The molecule has 0 saturated carbocycles. The van der Waals surface area contributed by atoms with Gasteiger partial charge in [-0.3, -0.25) is 9.97 Å². The summed E-state index contributed by atoms with van der Waals surface area (Å²) >= 11 is 0. The van der Waals surface area contributed by atoms with Crippen molar-refractivity contribution >= 4 is 0 Å². The molecule has 0 aliphatic heterocycles. The summed E-state index contributed by atoms with van der Waals surface area (Å²) < 4.78 is 0. The molecule has 0 unspecified atom stereocenters. The van der Waals surface area contributed by atoms with E-state index in [0.717, 1.165) is 11.1 Å². The van der Waals surface area contributed by atoms with Gasteiger partial charge in [0.25, 0.3) is 0 Å². The van der Waals surface area contributed by atoms with E-state index in [1.807, 2.05) is 24.3 Å². The van der Waals surface area contributed by atoms with Crippen LogP contribution in [-0.4, -0.2) is 9.97 Å². The minimum Gasteiger partial charge on any atom is -0.322 e. The lowest BCUT2D eigenvalue weighted by molar-refractivity contribution is 0.571. The van der Waals surface area contributed by atoms with Crippen LogP contribution in [0, 0.1) is 0 Å². The molecule has 4 nitrogen and oxygen atoms in total. The van der Waals surface area contributed by atoms with E-state index in [4.69, 9.17) is 11.5 Å². The molecule has 2 aromatic rings. The van der Waals surface area contributed by atoms with E-state index in [9.17, 15) is 0 Å². The summed E-state index contributed by atoms with van der Waals surface area (Å²) in [6, 6.07) is 7.02. The first kappa shape index (κ1) is 10.7. The van der Waals surface area contributed by atoms with Crippen molar-refractivity contribution < 1.29 is 0 Å². The molecule has 4 heteroatoms. The van der Waals surface area contributed by atoms with Crippen molar-refractivity contribution in [3.8, 4) is 0 Å². The maximum absolute atomic E-state index is 6.08. The number of aromatic nitrogens is 2. The molecule has 0 amide bonds. The smallest absolute Gasteiger partial charge is 0.0507 e. The third kappa shape index (κ3) is 2.24. The number of nitrogens with zero attached hydrogens (tertiary/aromatic N) is 2. The number of pyridine rings is 2. The third-order valence-corrected chi connectivity index (χ3v) is 2.53. The molecule has 0 bridgehead atoms. The molecule has 0 aromatic carbocycles. The minimum absolute atomic E-state index is 0.266. The molecule has 0 spiro atoms. The van der Waals surface area contributed by atoms with Gasteiger partial charge >= 0.3 is 0 Å². The average Bonchev–Trinajstić information content (AvgIpc) is 2.39. The fourth-order valence-electron chi connectivity index (χ4n) is 1.56. The summed E-state index contributed by atoms with van der Waals surface area (Å²) in [5.41, 5.74) is 14.0. The van der Waals surface area contributed by atoms with Crippen molar-refractivity contribution in [3.05, 3.63) is 60.2 Å². The van der Waals surface area contributed by atoms with Gasteiger partial charge in [-0.25, -0.2) is 0 Å². The number of nitrogens with two attached hydrogens (primary N) is 2. The average molecular weight is 214 g/mol. The first-order chi connectivity index (χ1) is 7.79. The normalized spacial score (nSPS) is 14.4. The van der Waals surface area contributed by atoms with Gasteiger partial charge in [0, 0.05) is 24.8 Å². The van der Waals surface area contributed by atoms with E-state index >= 15 is 0 Å². The summed E-state index contributed by atoms with van der Waals surface area (Å²) in [4.78, 5) is 8.06. The second-order valence-corrected chi connectivity index (χ2v) is 3.62. The fraction of sp³-hybridized carbons (Fsp3) is 0.167. The topological polar surface area (TPSA) is 77.8 Å². The Morgan fingerprint density at radius 1 is 0.812 bits per heavy atom. The van der Waals surface area contributed by atoms with E-state index in [2.05, 4.69) is 9.97 Å². The first-order valence-electron chi connectivity index (χ1n) is 5.10.